The Morgan fingerprint density at radius 3 is 1.66 bits per heavy atom. The fourth-order valence-corrected chi connectivity index (χ4v) is 2.06. The summed E-state index contributed by atoms with van der Waals surface area (Å²) in [6.07, 6.45) is 0. The van der Waals surface area contributed by atoms with Gasteiger partial charge >= 0.3 is 20.2 Å². The first kappa shape index (κ1) is 23.7. The molecule has 0 atom stereocenters. The molecule has 0 spiro atoms. The Hall–Kier alpha value is -3.36. The highest BCUT2D eigenvalue weighted by Gasteiger charge is 2.20. The van der Waals surface area contributed by atoms with Gasteiger partial charge in [-0.3, -0.25) is 20.2 Å². The Kier molecular flexibility index (Phi) is 8.37. The van der Waals surface area contributed by atoms with Crippen molar-refractivity contribution in [3.8, 4) is 0 Å². The van der Waals surface area contributed by atoms with Crippen molar-refractivity contribution in [2.75, 3.05) is 0 Å². The number of aromatic carboxylic acids is 1. The summed E-state index contributed by atoms with van der Waals surface area (Å²) in [6, 6.07) is 6.21. The molecule has 0 saturated heterocycles. The smallest absolute Gasteiger partial charge is 0.478 e. The summed E-state index contributed by atoms with van der Waals surface area (Å²) in [7, 11) is -3.72. The van der Waals surface area contributed by atoms with Crippen LogP contribution in [0.3, 0.4) is 0 Å². The highest BCUT2D eigenvalue weighted by atomic mass is 16.6. The van der Waals surface area contributed by atoms with Crippen molar-refractivity contribution in [1.29, 1.82) is 0 Å². The van der Waals surface area contributed by atoms with Gasteiger partial charge in [-0.25, -0.2) is 4.79 Å². The lowest BCUT2D eigenvalue weighted by molar-refractivity contribution is -0.385. The first-order chi connectivity index (χ1) is 13.5. The third kappa shape index (κ3) is 6.95. The summed E-state index contributed by atoms with van der Waals surface area (Å²) in [4.78, 5) is 29.9. The molecular formula is C14H14B2N2O11. The molecule has 0 saturated carbocycles. The van der Waals surface area contributed by atoms with E-state index in [1.165, 1.54) is 12.1 Å². The fraction of sp³-hybridized carbons (Fsp3) is 0.0714. The molecule has 0 aromatic heterocycles. The number of carboxylic acid groups (broad SMARTS) is 1. The van der Waals surface area contributed by atoms with E-state index < -0.39 is 35.7 Å². The highest BCUT2D eigenvalue weighted by molar-refractivity contribution is 6.59. The van der Waals surface area contributed by atoms with Crippen LogP contribution in [0.4, 0.5) is 11.4 Å². The van der Waals surface area contributed by atoms with Gasteiger partial charge in [0.05, 0.1) is 22.0 Å². The Morgan fingerprint density at radius 2 is 1.28 bits per heavy atom. The lowest BCUT2D eigenvalue weighted by Crippen LogP contribution is -2.30. The Balaban J connectivity index is 0.000000291. The zero-order valence-electron chi connectivity index (χ0n) is 14.4. The van der Waals surface area contributed by atoms with E-state index in [0.29, 0.717) is 0 Å². The van der Waals surface area contributed by atoms with Gasteiger partial charge in [0.15, 0.2) is 0 Å². The first-order valence-electron chi connectivity index (χ1n) is 7.60. The number of nitro benzene ring substituents is 2. The molecule has 0 radical (unpaired) electrons. The third-order valence-corrected chi connectivity index (χ3v) is 3.39. The summed E-state index contributed by atoms with van der Waals surface area (Å²) < 4.78 is 0. The van der Waals surface area contributed by atoms with Gasteiger partial charge in [0.2, 0.25) is 0 Å². The summed E-state index contributed by atoms with van der Waals surface area (Å²) in [5.74, 6) is -1.37. The summed E-state index contributed by atoms with van der Waals surface area (Å²) >= 11 is 0. The quantitative estimate of drug-likeness (QED) is 0.170. The Morgan fingerprint density at radius 1 is 0.828 bits per heavy atom. The third-order valence-electron chi connectivity index (χ3n) is 3.39. The molecule has 2 aromatic carbocycles. The number of benzene rings is 2. The summed E-state index contributed by atoms with van der Waals surface area (Å²) in [5, 5.41) is 73.3. The van der Waals surface area contributed by atoms with Gasteiger partial charge in [0.25, 0.3) is 11.4 Å². The van der Waals surface area contributed by atoms with Gasteiger partial charge in [-0.2, -0.15) is 0 Å². The van der Waals surface area contributed by atoms with Crippen molar-refractivity contribution >= 4 is 42.5 Å². The number of non-ortho nitro benzene ring substituents is 2. The van der Waals surface area contributed by atoms with E-state index >= 15 is 0 Å². The average molecular weight is 408 g/mol. The molecule has 0 aliphatic carbocycles. The second kappa shape index (κ2) is 10.3. The summed E-state index contributed by atoms with van der Waals surface area (Å²) in [6.45, 7) is -0.388. The van der Waals surface area contributed by atoms with Crippen molar-refractivity contribution in [3.63, 3.8) is 0 Å². The van der Waals surface area contributed by atoms with Crippen molar-refractivity contribution in [2.24, 2.45) is 0 Å². The van der Waals surface area contributed by atoms with E-state index in [4.69, 9.17) is 30.3 Å². The highest BCUT2D eigenvalue weighted by Crippen LogP contribution is 2.12. The van der Waals surface area contributed by atoms with Crippen molar-refractivity contribution in [2.45, 2.75) is 6.61 Å². The van der Waals surface area contributed by atoms with Crippen LogP contribution in [0.5, 0.6) is 0 Å². The van der Waals surface area contributed by atoms with E-state index in [1.54, 1.807) is 0 Å². The molecular weight excluding hydrogens is 394 g/mol. The molecule has 2 aromatic rings. The average Bonchev–Trinajstić information content (AvgIpc) is 2.67. The minimum absolute atomic E-state index is 0.0109. The van der Waals surface area contributed by atoms with Crippen molar-refractivity contribution < 1.29 is 45.0 Å². The molecule has 0 aliphatic heterocycles. The van der Waals surface area contributed by atoms with Gasteiger partial charge < -0.3 is 30.3 Å². The molecule has 13 nitrogen and oxygen atoms in total. The van der Waals surface area contributed by atoms with Gasteiger partial charge in [-0.15, -0.1) is 0 Å². The van der Waals surface area contributed by atoms with Crippen molar-refractivity contribution in [3.05, 3.63) is 67.8 Å². The fourth-order valence-electron chi connectivity index (χ4n) is 2.06. The Labute approximate surface area is 162 Å². The second-order valence-corrected chi connectivity index (χ2v) is 5.47. The molecule has 29 heavy (non-hydrogen) atoms. The summed E-state index contributed by atoms with van der Waals surface area (Å²) in [5.41, 5.74) is -1.13. The van der Waals surface area contributed by atoms with Crippen LogP contribution >= 0.6 is 0 Å². The predicted molar refractivity (Wildman–Crippen MR) is 98.7 cm³/mol. The monoisotopic (exact) mass is 408 g/mol. The number of hydrogen-bond acceptors (Lipinski definition) is 10. The number of carboxylic acids is 1. The van der Waals surface area contributed by atoms with E-state index in [9.17, 15) is 25.0 Å². The largest absolute Gasteiger partial charge is 0.488 e. The minimum atomic E-state index is -1.94. The molecule has 6 N–H and O–H groups in total. The molecule has 0 unspecified atom stereocenters. The SMILES string of the molecule is O=C(O)c1cc(B(O)O)cc([N+](=O)[O-])c1.O=[N+]([O-])c1cc(CO)cc(B(O)O)c1. The zero-order valence-corrected chi connectivity index (χ0v) is 14.4. The predicted octanol–water partition coefficient (Wildman–Crippen LogP) is -2.26. The molecule has 0 fully saturated rings. The van der Waals surface area contributed by atoms with Crippen LogP contribution in [0.1, 0.15) is 15.9 Å². The van der Waals surface area contributed by atoms with Crippen LogP contribution in [0.25, 0.3) is 0 Å². The lowest BCUT2D eigenvalue weighted by atomic mass is 9.79. The number of nitro groups is 2. The maximum atomic E-state index is 10.6. The zero-order chi connectivity index (χ0) is 22.3. The van der Waals surface area contributed by atoms with E-state index in [1.807, 2.05) is 0 Å². The Bertz CT molecular complexity index is 888. The van der Waals surface area contributed by atoms with Crippen LogP contribution in [-0.2, 0) is 6.61 Å². The van der Waals surface area contributed by atoms with Gasteiger partial charge in [-0.1, -0.05) is 6.07 Å². The molecule has 0 heterocycles. The molecule has 15 heteroatoms. The number of carbonyl (C=O) groups is 1. The van der Waals surface area contributed by atoms with Gasteiger partial charge in [0.1, 0.15) is 0 Å². The van der Waals surface area contributed by atoms with Crippen molar-refractivity contribution in [1.82, 2.24) is 0 Å². The topological polar surface area (TPSA) is 225 Å². The number of rotatable bonds is 6. The van der Waals surface area contributed by atoms with Crippen LogP contribution in [0, 0.1) is 20.2 Å². The van der Waals surface area contributed by atoms with E-state index in [2.05, 4.69) is 0 Å². The normalized spacial score (nSPS) is 9.83. The first-order valence-corrected chi connectivity index (χ1v) is 7.60. The maximum Gasteiger partial charge on any atom is 0.488 e. The van der Waals surface area contributed by atoms with E-state index in [0.717, 1.165) is 24.3 Å². The minimum Gasteiger partial charge on any atom is -0.478 e. The van der Waals surface area contributed by atoms with E-state index in [-0.39, 0.29) is 34.3 Å². The van der Waals surface area contributed by atoms with Crippen LogP contribution in [0.15, 0.2) is 36.4 Å². The van der Waals surface area contributed by atoms with Crippen LogP contribution in [-0.4, -0.2) is 60.4 Å². The molecule has 2 rings (SSSR count). The lowest BCUT2D eigenvalue weighted by Gasteiger charge is -2.02. The second-order valence-electron chi connectivity index (χ2n) is 5.47. The number of aliphatic hydroxyl groups excluding tert-OH is 1. The number of nitrogens with zero attached hydrogens (tertiary/aromatic N) is 2. The number of aliphatic hydroxyl groups is 1. The molecule has 0 aliphatic rings. The number of hydrogen-bond donors (Lipinski definition) is 6. The van der Waals surface area contributed by atoms with Gasteiger partial charge in [0, 0.05) is 24.3 Å². The van der Waals surface area contributed by atoms with Gasteiger partial charge in [-0.05, 0) is 22.6 Å². The van der Waals surface area contributed by atoms with Crippen LogP contribution < -0.4 is 10.9 Å². The van der Waals surface area contributed by atoms with Crippen LogP contribution in [0.2, 0.25) is 0 Å². The maximum absolute atomic E-state index is 10.6. The molecule has 0 bridgehead atoms. The molecule has 152 valence electrons. The standard InChI is InChI=1S/C7H6BNO6.C7H8BNO5/c10-7(11)4-1-5(8(12)13)3-6(2-4)9(14)15;10-4-5-1-6(8(11)12)3-7(2-5)9(13)14/h1-3,12-13H,(H,10,11);1-3,10-12H,4H2. The molecule has 0 amide bonds.